The lowest BCUT2D eigenvalue weighted by molar-refractivity contribution is 0.132. The number of nitrogens with zero attached hydrogens (tertiary/aromatic N) is 1. The number of fused-ring (bicyclic) bond motifs is 2. The zero-order valence-corrected chi connectivity index (χ0v) is 11.0. The average Bonchev–Trinajstić information content (AvgIpc) is 2.52. The molecule has 1 aromatic rings. The number of hydrogen-bond donors (Lipinski definition) is 1. The van der Waals surface area contributed by atoms with Gasteiger partial charge in [-0.15, -0.1) is 0 Å². The first kappa shape index (κ1) is 12.9. The molecule has 1 aromatic carbocycles. The van der Waals surface area contributed by atoms with Crippen LogP contribution in [-0.2, 0) is 6.54 Å². The smallest absolute Gasteiger partial charge is 0.0406 e. The molecule has 0 aliphatic carbocycles. The lowest BCUT2D eigenvalue weighted by Gasteiger charge is -2.34. The molecule has 2 bridgehead atoms. The fourth-order valence-corrected chi connectivity index (χ4v) is 3.41. The molecular weight excluding hydrogens is 232 g/mol. The highest BCUT2D eigenvalue weighted by Crippen LogP contribution is 2.36. The lowest BCUT2D eigenvalue weighted by atomic mass is 10.0. The molecule has 3 rings (SSSR count). The Balaban J connectivity index is 0.00000108. The topological polar surface area (TPSA) is 38.2 Å². The summed E-state index contributed by atoms with van der Waals surface area (Å²) in [6, 6.07) is 10.0. The Morgan fingerprint density at radius 1 is 1.00 bits per heavy atom. The van der Waals surface area contributed by atoms with E-state index in [2.05, 4.69) is 17.0 Å². The van der Waals surface area contributed by atoms with Crippen LogP contribution in [0.3, 0.4) is 0 Å². The zero-order chi connectivity index (χ0) is 11.0. The first-order valence-corrected chi connectivity index (χ1v) is 6.71. The Hall–Kier alpha value is -0.570. The van der Waals surface area contributed by atoms with Gasteiger partial charge in [-0.05, 0) is 43.4 Å². The number of benzene rings is 1. The Morgan fingerprint density at radius 2 is 1.59 bits per heavy atom. The van der Waals surface area contributed by atoms with E-state index in [0.717, 1.165) is 23.7 Å². The first-order chi connectivity index (χ1) is 7.83. The third-order valence-electron chi connectivity index (χ3n) is 4.12. The molecule has 2 aliphatic heterocycles. The van der Waals surface area contributed by atoms with Crippen molar-refractivity contribution in [3.8, 4) is 0 Å². The number of rotatable bonds is 2. The molecule has 0 saturated carbocycles. The normalized spacial score (nSPS) is 27.8. The molecule has 0 amide bonds. The lowest BCUT2D eigenvalue weighted by Crippen LogP contribution is -2.38. The van der Waals surface area contributed by atoms with Gasteiger partial charge in [0.15, 0.2) is 0 Å². The third kappa shape index (κ3) is 2.65. The van der Waals surface area contributed by atoms with Gasteiger partial charge < -0.3 is 6.15 Å². The quantitative estimate of drug-likeness (QED) is 0.863. The molecule has 94 valence electrons. The fraction of sp³-hybridized carbons (Fsp3) is 0.571. The SMILES string of the molecule is Clc1ccc(CN2[C@@H]3CCC[C@H]2CC3)cc1.N. The maximum absolute atomic E-state index is 5.91. The van der Waals surface area contributed by atoms with E-state index in [1.54, 1.807) is 0 Å². The van der Waals surface area contributed by atoms with Crippen LogP contribution in [0.4, 0.5) is 0 Å². The highest BCUT2D eigenvalue weighted by atomic mass is 35.5. The molecule has 2 atom stereocenters. The van der Waals surface area contributed by atoms with Crippen molar-refractivity contribution in [1.82, 2.24) is 11.1 Å². The Labute approximate surface area is 109 Å². The van der Waals surface area contributed by atoms with Gasteiger partial charge in [-0.1, -0.05) is 30.2 Å². The summed E-state index contributed by atoms with van der Waals surface area (Å²) in [6.45, 7) is 1.12. The molecule has 3 heteroatoms. The maximum atomic E-state index is 5.91. The minimum absolute atomic E-state index is 0. The van der Waals surface area contributed by atoms with Gasteiger partial charge in [-0.2, -0.15) is 0 Å². The summed E-state index contributed by atoms with van der Waals surface area (Å²) >= 11 is 5.91. The Bertz CT molecular complexity index is 347. The summed E-state index contributed by atoms with van der Waals surface area (Å²) in [5, 5.41) is 0.838. The second-order valence-corrected chi connectivity index (χ2v) is 5.55. The second-order valence-electron chi connectivity index (χ2n) is 5.11. The summed E-state index contributed by atoms with van der Waals surface area (Å²) in [5.41, 5.74) is 1.41. The minimum Gasteiger partial charge on any atom is -0.344 e. The predicted molar refractivity (Wildman–Crippen MR) is 72.7 cm³/mol. The number of halogens is 1. The van der Waals surface area contributed by atoms with Crippen LogP contribution in [0.25, 0.3) is 0 Å². The van der Waals surface area contributed by atoms with Gasteiger partial charge in [-0.3, -0.25) is 4.90 Å². The first-order valence-electron chi connectivity index (χ1n) is 6.33. The molecular formula is C14H21ClN2. The third-order valence-corrected chi connectivity index (χ3v) is 4.38. The van der Waals surface area contributed by atoms with Crippen molar-refractivity contribution in [2.24, 2.45) is 0 Å². The van der Waals surface area contributed by atoms with E-state index in [4.69, 9.17) is 11.6 Å². The molecule has 0 unspecified atom stereocenters. The second kappa shape index (κ2) is 5.38. The molecule has 17 heavy (non-hydrogen) atoms. The van der Waals surface area contributed by atoms with Crippen LogP contribution < -0.4 is 6.15 Å². The van der Waals surface area contributed by atoms with Crippen LogP contribution in [0.5, 0.6) is 0 Å². The van der Waals surface area contributed by atoms with Crippen molar-refractivity contribution in [2.75, 3.05) is 0 Å². The van der Waals surface area contributed by atoms with Crippen molar-refractivity contribution in [3.63, 3.8) is 0 Å². The molecule has 2 heterocycles. The minimum atomic E-state index is 0. The number of hydrogen-bond acceptors (Lipinski definition) is 2. The van der Waals surface area contributed by atoms with Gasteiger partial charge in [0.2, 0.25) is 0 Å². The van der Waals surface area contributed by atoms with Crippen LogP contribution in [0.15, 0.2) is 24.3 Å². The van der Waals surface area contributed by atoms with E-state index in [9.17, 15) is 0 Å². The van der Waals surface area contributed by atoms with Crippen molar-refractivity contribution < 1.29 is 0 Å². The fourth-order valence-electron chi connectivity index (χ4n) is 3.28. The average molecular weight is 253 g/mol. The highest BCUT2D eigenvalue weighted by molar-refractivity contribution is 6.30. The highest BCUT2D eigenvalue weighted by Gasteiger charge is 2.35. The molecule has 3 N–H and O–H groups in total. The van der Waals surface area contributed by atoms with Crippen molar-refractivity contribution in [1.29, 1.82) is 0 Å². The Kier molecular flexibility index (Phi) is 4.08. The van der Waals surface area contributed by atoms with Crippen molar-refractivity contribution in [3.05, 3.63) is 34.9 Å². The van der Waals surface area contributed by atoms with Gasteiger partial charge in [0.05, 0.1) is 0 Å². The summed E-state index contributed by atoms with van der Waals surface area (Å²) in [6.07, 6.45) is 7.08. The summed E-state index contributed by atoms with van der Waals surface area (Å²) in [4.78, 5) is 2.72. The van der Waals surface area contributed by atoms with Crippen LogP contribution in [0.1, 0.15) is 37.7 Å². The Morgan fingerprint density at radius 3 is 2.18 bits per heavy atom. The number of piperidine rings is 1. The molecule has 0 spiro atoms. The van der Waals surface area contributed by atoms with Crippen molar-refractivity contribution >= 4 is 11.6 Å². The predicted octanol–water partition coefficient (Wildman–Crippen LogP) is 4.02. The molecule has 2 nitrogen and oxygen atoms in total. The van der Waals surface area contributed by atoms with Crippen LogP contribution in [0.2, 0.25) is 5.02 Å². The summed E-state index contributed by atoms with van der Waals surface area (Å²) in [7, 11) is 0. The van der Waals surface area contributed by atoms with Crippen LogP contribution in [-0.4, -0.2) is 17.0 Å². The van der Waals surface area contributed by atoms with Crippen LogP contribution >= 0.6 is 11.6 Å². The summed E-state index contributed by atoms with van der Waals surface area (Å²) < 4.78 is 0. The van der Waals surface area contributed by atoms with Gasteiger partial charge >= 0.3 is 0 Å². The maximum Gasteiger partial charge on any atom is 0.0406 e. The molecule has 2 fully saturated rings. The van der Waals surface area contributed by atoms with E-state index >= 15 is 0 Å². The summed E-state index contributed by atoms with van der Waals surface area (Å²) in [5.74, 6) is 0. The molecule has 0 radical (unpaired) electrons. The standard InChI is InChI=1S/C14H18ClN.H3N/c15-12-6-4-11(5-7-12)10-16-13-2-1-3-14(16)9-8-13;/h4-7,13-14H,1-3,8-10H2;1H3/t13-,14+;. The van der Waals surface area contributed by atoms with E-state index < -0.39 is 0 Å². The van der Waals surface area contributed by atoms with Crippen LogP contribution in [0, 0.1) is 0 Å². The zero-order valence-electron chi connectivity index (χ0n) is 10.2. The van der Waals surface area contributed by atoms with Gasteiger partial charge in [0.25, 0.3) is 0 Å². The van der Waals surface area contributed by atoms with Gasteiger partial charge in [-0.25, -0.2) is 0 Å². The van der Waals surface area contributed by atoms with Gasteiger partial charge in [0.1, 0.15) is 0 Å². The molecule has 2 saturated heterocycles. The molecule has 2 aliphatic rings. The van der Waals surface area contributed by atoms with E-state index in [0.29, 0.717) is 0 Å². The largest absolute Gasteiger partial charge is 0.344 e. The van der Waals surface area contributed by atoms with Crippen molar-refractivity contribution in [2.45, 2.75) is 50.7 Å². The van der Waals surface area contributed by atoms with E-state index in [1.165, 1.54) is 37.7 Å². The van der Waals surface area contributed by atoms with E-state index in [-0.39, 0.29) is 6.15 Å². The monoisotopic (exact) mass is 252 g/mol. The molecule has 0 aromatic heterocycles. The van der Waals surface area contributed by atoms with Gasteiger partial charge in [0, 0.05) is 23.7 Å². The van der Waals surface area contributed by atoms with E-state index in [1.807, 2.05) is 12.1 Å².